The van der Waals surface area contributed by atoms with Gasteiger partial charge in [-0.3, -0.25) is 4.79 Å². The highest BCUT2D eigenvalue weighted by Gasteiger charge is 2.18. The number of benzene rings is 2. The third-order valence-electron chi connectivity index (χ3n) is 2.97. The number of hydrogen-bond donors (Lipinski definition) is 1. The van der Waals surface area contributed by atoms with Crippen LogP contribution in [-0.2, 0) is 17.0 Å². The molecule has 0 radical (unpaired) electrons. The zero-order chi connectivity index (χ0) is 15.2. The van der Waals surface area contributed by atoms with Crippen LogP contribution < -0.4 is 0 Å². The Morgan fingerprint density at radius 3 is 2.38 bits per heavy atom. The van der Waals surface area contributed by atoms with Crippen LogP contribution in [0.4, 0.5) is 8.78 Å². The summed E-state index contributed by atoms with van der Waals surface area (Å²) in [6.45, 7) is 0. The molecule has 5 heteroatoms. The van der Waals surface area contributed by atoms with E-state index in [1.54, 1.807) is 0 Å². The molecule has 0 spiro atoms. The van der Waals surface area contributed by atoms with Gasteiger partial charge < -0.3 is 5.11 Å². The summed E-state index contributed by atoms with van der Waals surface area (Å²) in [4.78, 5) is 11.3. The minimum absolute atomic E-state index is 0.320. The van der Waals surface area contributed by atoms with Crippen LogP contribution in [-0.4, -0.2) is 16.3 Å². The lowest BCUT2D eigenvalue weighted by Gasteiger charge is -2.12. The maximum atomic E-state index is 13.1. The fourth-order valence-corrected chi connectivity index (χ4v) is 2.90. The molecule has 0 saturated heterocycles. The van der Waals surface area contributed by atoms with Crippen molar-refractivity contribution in [2.75, 3.05) is 0 Å². The molecule has 2 aromatic carbocycles. The molecule has 0 aliphatic rings. The molecular formula is C16H14F2O2S. The van der Waals surface area contributed by atoms with Gasteiger partial charge in [-0.1, -0.05) is 36.4 Å². The monoisotopic (exact) mass is 308 g/mol. The van der Waals surface area contributed by atoms with Crippen molar-refractivity contribution in [1.82, 2.24) is 0 Å². The van der Waals surface area contributed by atoms with Gasteiger partial charge in [-0.25, -0.2) is 8.78 Å². The molecule has 1 N–H and O–H groups in total. The summed E-state index contributed by atoms with van der Waals surface area (Å²) in [6, 6.07) is 12.9. The van der Waals surface area contributed by atoms with Crippen molar-refractivity contribution < 1.29 is 18.7 Å². The van der Waals surface area contributed by atoms with Gasteiger partial charge in [0.25, 0.3) is 0 Å². The third-order valence-corrected chi connectivity index (χ3v) is 4.25. The summed E-state index contributed by atoms with van der Waals surface area (Å²) in [5.74, 6) is -2.40. The largest absolute Gasteiger partial charge is 0.480 e. The summed E-state index contributed by atoms with van der Waals surface area (Å²) in [5, 5.41) is 8.63. The predicted octanol–water partition coefficient (Wildman–Crippen LogP) is 3.89. The van der Waals surface area contributed by atoms with E-state index in [4.69, 9.17) is 0 Å². The van der Waals surface area contributed by atoms with Crippen LogP contribution in [0.5, 0.6) is 0 Å². The summed E-state index contributed by atoms with van der Waals surface area (Å²) < 4.78 is 25.9. The van der Waals surface area contributed by atoms with Gasteiger partial charge in [-0.2, -0.15) is 0 Å². The Bertz CT molecular complexity index is 617. The summed E-state index contributed by atoms with van der Waals surface area (Å²) in [6.07, 6.45) is 0.393. The first kappa shape index (κ1) is 15.5. The molecule has 0 saturated carbocycles. The minimum atomic E-state index is -0.914. The molecule has 110 valence electrons. The van der Waals surface area contributed by atoms with Gasteiger partial charge in [0, 0.05) is 5.75 Å². The molecule has 1 atom stereocenters. The second-order valence-corrected chi connectivity index (χ2v) is 5.77. The Balaban J connectivity index is 2.00. The van der Waals surface area contributed by atoms with Crippen molar-refractivity contribution in [3.63, 3.8) is 0 Å². The highest BCUT2D eigenvalue weighted by molar-refractivity contribution is 7.99. The molecule has 0 aliphatic carbocycles. The fourth-order valence-electron chi connectivity index (χ4n) is 1.87. The Kier molecular flexibility index (Phi) is 5.33. The van der Waals surface area contributed by atoms with Crippen molar-refractivity contribution in [3.8, 4) is 0 Å². The van der Waals surface area contributed by atoms with Crippen molar-refractivity contribution in [3.05, 3.63) is 71.3 Å². The Hall–Kier alpha value is -1.88. The molecule has 0 fully saturated rings. The minimum Gasteiger partial charge on any atom is -0.480 e. The van der Waals surface area contributed by atoms with Gasteiger partial charge in [-0.15, -0.1) is 11.8 Å². The maximum Gasteiger partial charge on any atom is 0.316 e. The first-order valence-electron chi connectivity index (χ1n) is 6.38. The lowest BCUT2D eigenvalue weighted by atomic mass is 10.1. The van der Waals surface area contributed by atoms with Crippen molar-refractivity contribution in [1.29, 1.82) is 0 Å². The molecule has 0 bridgehead atoms. The maximum absolute atomic E-state index is 13.1. The van der Waals surface area contributed by atoms with E-state index in [-0.39, 0.29) is 0 Å². The van der Waals surface area contributed by atoms with Crippen LogP contribution in [0.2, 0.25) is 0 Å². The van der Waals surface area contributed by atoms with Gasteiger partial charge in [0.1, 0.15) is 5.25 Å². The highest BCUT2D eigenvalue weighted by Crippen LogP contribution is 2.22. The number of carboxylic acid groups (broad SMARTS) is 1. The lowest BCUT2D eigenvalue weighted by Crippen LogP contribution is -2.19. The van der Waals surface area contributed by atoms with Crippen LogP contribution in [0.15, 0.2) is 48.5 Å². The second kappa shape index (κ2) is 7.22. The number of carboxylic acids is 1. The molecule has 0 amide bonds. The molecule has 2 nitrogen and oxygen atoms in total. The van der Waals surface area contributed by atoms with Gasteiger partial charge in [0.15, 0.2) is 11.6 Å². The van der Waals surface area contributed by atoms with E-state index in [0.29, 0.717) is 17.7 Å². The van der Waals surface area contributed by atoms with Crippen LogP contribution in [0.3, 0.4) is 0 Å². The SMILES string of the molecule is O=C(O)C(Cc1ccccc1)SCc1ccc(F)c(F)c1. The highest BCUT2D eigenvalue weighted by atomic mass is 32.2. The zero-order valence-electron chi connectivity index (χ0n) is 11.1. The smallest absolute Gasteiger partial charge is 0.316 e. The van der Waals surface area contributed by atoms with Crippen LogP contribution in [0.25, 0.3) is 0 Å². The van der Waals surface area contributed by atoms with Gasteiger partial charge in [-0.05, 0) is 29.7 Å². The normalized spacial score (nSPS) is 12.1. The average molecular weight is 308 g/mol. The van der Waals surface area contributed by atoms with Crippen LogP contribution >= 0.6 is 11.8 Å². The van der Waals surface area contributed by atoms with Crippen LogP contribution in [0, 0.1) is 11.6 Å². The van der Waals surface area contributed by atoms with E-state index in [2.05, 4.69) is 0 Å². The van der Waals surface area contributed by atoms with Gasteiger partial charge in [0.2, 0.25) is 0 Å². The molecular weight excluding hydrogens is 294 g/mol. The number of aliphatic carboxylic acids is 1. The number of thioether (sulfide) groups is 1. The average Bonchev–Trinajstić information content (AvgIpc) is 2.47. The van der Waals surface area contributed by atoms with Crippen molar-refractivity contribution >= 4 is 17.7 Å². The van der Waals surface area contributed by atoms with Crippen LogP contribution in [0.1, 0.15) is 11.1 Å². The summed E-state index contributed by atoms with van der Waals surface area (Å²) in [7, 11) is 0. The van der Waals surface area contributed by atoms with E-state index < -0.39 is 22.9 Å². The number of halogens is 2. The molecule has 0 aromatic heterocycles. The van der Waals surface area contributed by atoms with Crippen molar-refractivity contribution in [2.45, 2.75) is 17.4 Å². The third kappa shape index (κ3) is 4.56. The van der Waals surface area contributed by atoms with Gasteiger partial charge in [0.05, 0.1) is 0 Å². The standard InChI is InChI=1S/C16H14F2O2S/c17-13-7-6-12(8-14(13)18)10-21-15(16(19)20)9-11-4-2-1-3-5-11/h1-8,15H,9-10H2,(H,19,20). The quantitative estimate of drug-likeness (QED) is 0.879. The second-order valence-electron chi connectivity index (χ2n) is 4.58. The van der Waals surface area contributed by atoms with E-state index in [0.717, 1.165) is 17.7 Å². The number of rotatable bonds is 6. The molecule has 2 rings (SSSR count). The first-order chi connectivity index (χ1) is 10.1. The topological polar surface area (TPSA) is 37.3 Å². The fraction of sp³-hybridized carbons (Fsp3) is 0.188. The van der Waals surface area contributed by atoms with Gasteiger partial charge >= 0.3 is 5.97 Å². The summed E-state index contributed by atoms with van der Waals surface area (Å²) >= 11 is 1.20. The number of hydrogen-bond acceptors (Lipinski definition) is 2. The van der Waals surface area contributed by atoms with E-state index in [1.807, 2.05) is 30.3 Å². The molecule has 1 unspecified atom stereocenters. The molecule has 2 aromatic rings. The zero-order valence-corrected chi connectivity index (χ0v) is 11.9. The first-order valence-corrected chi connectivity index (χ1v) is 7.43. The van der Waals surface area contributed by atoms with Crippen molar-refractivity contribution in [2.24, 2.45) is 0 Å². The summed E-state index contributed by atoms with van der Waals surface area (Å²) in [5.41, 5.74) is 1.50. The molecule has 21 heavy (non-hydrogen) atoms. The Morgan fingerprint density at radius 2 is 1.76 bits per heavy atom. The Labute approximate surface area is 125 Å². The molecule has 0 aliphatic heterocycles. The lowest BCUT2D eigenvalue weighted by molar-refractivity contribution is -0.136. The molecule has 0 heterocycles. The van der Waals surface area contributed by atoms with E-state index >= 15 is 0 Å². The van der Waals surface area contributed by atoms with E-state index in [1.165, 1.54) is 17.8 Å². The number of carbonyl (C=O) groups is 1. The Morgan fingerprint density at radius 1 is 1.05 bits per heavy atom. The predicted molar refractivity (Wildman–Crippen MR) is 79.2 cm³/mol. The van der Waals surface area contributed by atoms with E-state index in [9.17, 15) is 18.7 Å².